The van der Waals surface area contributed by atoms with Gasteiger partial charge in [0.05, 0.1) is 44.4 Å². The molecule has 0 saturated carbocycles. The van der Waals surface area contributed by atoms with Crippen LogP contribution < -0.4 is 5.32 Å². The number of likely N-dealkylation sites (tertiary alicyclic amines) is 1. The number of rotatable bonds is 9. The maximum Gasteiger partial charge on any atom is 0.407 e. The van der Waals surface area contributed by atoms with Crippen LogP contribution >= 0.6 is 11.6 Å². The summed E-state index contributed by atoms with van der Waals surface area (Å²) in [5.41, 5.74) is 0.296. The van der Waals surface area contributed by atoms with Gasteiger partial charge in [-0.1, -0.05) is 41.9 Å². The van der Waals surface area contributed by atoms with Gasteiger partial charge in [0.2, 0.25) is 0 Å². The molecule has 2 fully saturated rings. The number of carbonyl (C=O) groups excluding carboxylic acids is 1. The van der Waals surface area contributed by atoms with Gasteiger partial charge in [0.25, 0.3) is 16.0 Å². The molecule has 2 amide bonds. The molecule has 0 unspecified atom stereocenters. The molecule has 16 heteroatoms. The van der Waals surface area contributed by atoms with Crippen molar-refractivity contribution in [3.8, 4) is 0 Å². The fourth-order valence-corrected chi connectivity index (χ4v) is 6.15. The van der Waals surface area contributed by atoms with Gasteiger partial charge in [0, 0.05) is 17.1 Å². The Morgan fingerprint density at radius 3 is 2.59 bits per heavy atom. The zero-order valence-electron chi connectivity index (χ0n) is 23.2. The summed E-state index contributed by atoms with van der Waals surface area (Å²) in [5, 5.41) is 13.3. The standard InChI is InChI=1S/C28H27ClN6O8S/c1-44(39,40)42-14-28-13-34(27(37)38)11-20(22(28)41-12-17-7-9-19(29)10-8-17)26(43-28)35-16-32-21-23(30-15-31-24(21)35)33-25(36)18-5-3-2-4-6-18/h2-10,15-16,20,22,26H,11-14H2,1H3,(H,37,38)(H,30,31,33,36)/t20-,22+,26-,28-/m1/s1. The number of benzene rings is 2. The topological polar surface area (TPSA) is 175 Å². The predicted octanol–water partition coefficient (Wildman–Crippen LogP) is 3.17. The van der Waals surface area contributed by atoms with Crippen LogP contribution in [0.1, 0.15) is 22.1 Å². The molecule has 0 radical (unpaired) electrons. The normalized spacial score (nSPS) is 23.1. The van der Waals surface area contributed by atoms with Gasteiger partial charge >= 0.3 is 6.09 Å². The second-order valence-electron chi connectivity index (χ2n) is 10.6. The number of halogens is 1. The highest BCUT2D eigenvalue weighted by molar-refractivity contribution is 7.85. The Hall–Kier alpha value is -4.15. The first-order valence-electron chi connectivity index (χ1n) is 13.4. The molecule has 2 N–H and O–H groups in total. The molecule has 14 nitrogen and oxygen atoms in total. The molecule has 2 aliphatic heterocycles. The van der Waals surface area contributed by atoms with E-state index in [1.54, 1.807) is 59.2 Å². The first-order chi connectivity index (χ1) is 21.0. The van der Waals surface area contributed by atoms with Gasteiger partial charge < -0.3 is 24.8 Å². The predicted molar refractivity (Wildman–Crippen MR) is 156 cm³/mol. The smallest absolute Gasteiger partial charge is 0.407 e. The second-order valence-corrected chi connectivity index (χ2v) is 12.7. The average molecular weight is 643 g/mol. The minimum Gasteiger partial charge on any atom is -0.465 e. The lowest BCUT2D eigenvalue weighted by Crippen LogP contribution is -2.61. The Morgan fingerprint density at radius 2 is 1.89 bits per heavy atom. The minimum absolute atomic E-state index is 0.00820. The number of aromatic nitrogens is 4. The van der Waals surface area contributed by atoms with E-state index >= 15 is 0 Å². The number of carboxylic acid groups (broad SMARTS) is 1. The van der Waals surface area contributed by atoms with Crippen LogP contribution in [-0.4, -0.2) is 87.6 Å². The third kappa shape index (κ3) is 5.96. The van der Waals surface area contributed by atoms with Gasteiger partial charge in [-0.2, -0.15) is 8.42 Å². The van der Waals surface area contributed by atoms with E-state index in [1.165, 1.54) is 12.7 Å². The van der Waals surface area contributed by atoms with Crippen molar-refractivity contribution in [3.05, 3.63) is 83.4 Å². The zero-order chi connectivity index (χ0) is 31.1. The Labute approximate surface area is 256 Å². The van der Waals surface area contributed by atoms with Crippen LogP contribution in [0.25, 0.3) is 11.2 Å². The first kappa shape index (κ1) is 29.9. The summed E-state index contributed by atoms with van der Waals surface area (Å²) >= 11 is 6.03. The SMILES string of the molecule is CS(=O)(=O)OC[C@@]12CN(C(=O)O)C[C@@H]([C@H](n3cnc4c(NC(=O)c5ccccc5)ncnc43)O1)[C@@H]2OCc1ccc(Cl)cc1. The van der Waals surface area contributed by atoms with Crippen LogP contribution in [0.3, 0.4) is 0 Å². The zero-order valence-corrected chi connectivity index (χ0v) is 24.8. The van der Waals surface area contributed by atoms with E-state index in [2.05, 4.69) is 20.3 Å². The van der Waals surface area contributed by atoms with Gasteiger partial charge in [-0.25, -0.2) is 19.7 Å². The van der Waals surface area contributed by atoms with Crippen LogP contribution in [0.2, 0.25) is 5.02 Å². The van der Waals surface area contributed by atoms with E-state index < -0.39 is 52.6 Å². The molecule has 230 valence electrons. The highest BCUT2D eigenvalue weighted by atomic mass is 35.5. The van der Waals surface area contributed by atoms with Crippen molar-refractivity contribution in [3.63, 3.8) is 0 Å². The number of piperidine rings is 1. The molecular formula is C28H27ClN6O8S. The molecule has 4 aromatic rings. The third-order valence-electron chi connectivity index (χ3n) is 7.55. The van der Waals surface area contributed by atoms with E-state index in [0.29, 0.717) is 16.2 Å². The van der Waals surface area contributed by atoms with Crippen molar-refractivity contribution >= 4 is 50.7 Å². The number of ether oxygens (including phenoxy) is 2. The van der Waals surface area contributed by atoms with Crippen LogP contribution in [0.15, 0.2) is 67.3 Å². The number of hydrogen-bond acceptors (Lipinski definition) is 10. The lowest BCUT2D eigenvalue weighted by Gasteiger charge is -2.42. The summed E-state index contributed by atoms with van der Waals surface area (Å²) in [4.78, 5) is 39.2. The molecule has 0 spiro atoms. The number of hydrogen-bond donors (Lipinski definition) is 2. The maximum atomic E-state index is 12.8. The summed E-state index contributed by atoms with van der Waals surface area (Å²) in [6, 6.07) is 15.6. The third-order valence-corrected chi connectivity index (χ3v) is 8.35. The molecule has 2 bridgehead atoms. The molecule has 4 heterocycles. The Morgan fingerprint density at radius 1 is 1.14 bits per heavy atom. The first-order valence-corrected chi connectivity index (χ1v) is 15.6. The fraction of sp³-hybridized carbons (Fsp3) is 0.321. The van der Waals surface area contributed by atoms with Gasteiger partial charge in [-0.3, -0.25) is 13.5 Å². The van der Waals surface area contributed by atoms with Crippen molar-refractivity contribution in [2.45, 2.75) is 24.5 Å². The largest absolute Gasteiger partial charge is 0.465 e. The van der Waals surface area contributed by atoms with Gasteiger partial charge in [0.1, 0.15) is 18.2 Å². The summed E-state index contributed by atoms with van der Waals surface area (Å²) in [7, 11) is -3.93. The van der Waals surface area contributed by atoms with Gasteiger partial charge in [0.15, 0.2) is 17.0 Å². The minimum atomic E-state index is -3.93. The highest BCUT2D eigenvalue weighted by Gasteiger charge is 2.62. The summed E-state index contributed by atoms with van der Waals surface area (Å²) in [6.45, 7) is -0.580. The summed E-state index contributed by atoms with van der Waals surface area (Å²) in [5.74, 6) is -0.857. The maximum absolute atomic E-state index is 12.8. The molecule has 6 rings (SSSR count). The molecule has 44 heavy (non-hydrogen) atoms. The van der Waals surface area contributed by atoms with E-state index in [1.807, 2.05) is 0 Å². The monoisotopic (exact) mass is 642 g/mol. The molecular weight excluding hydrogens is 616 g/mol. The number of nitrogens with one attached hydrogen (secondary N) is 1. The van der Waals surface area contributed by atoms with Crippen molar-refractivity contribution in [1.82, 2.24) is 24.4 Å². The van der Waals surface area contributed by atoms with Crippen LogP contribution in [0, 0.1) is 5.92 Å². The lowest BCUT2D eigenvalue weighted by molar-refractivity contribution is -0.150. The van der Waals surface area contributed by atoms with Crippen molar-refractivity contribution < 1.29 is 36.8 Å². The number of nitrogens with zero attached hydrogens (tertiary/aromatic N) is 5. The highest BCUT2D eigenvalue weighted by Crippen LogP contribution is 2.49. The number of carbonyl (C=O) groups is 2. The molecule has 2 saturated heterocycles. The number of imidazole rings is 1. The fourth-order valence-electron chi connectivity index (χ4n) is 5.61. The quantitative estimate of drug-likeness (QED) is 0.257. The molecule has 2 aliphatic rings. The van der Waals surface area contributed by atoms with Crippen LogP contribution in [-0.2, 0) is 30.4 Å². The summed E-state index contributed by atoms with van der Waals surface area (Å²) < 4.78 is 43.9. The lowest BCUT2D eigenvalue weighted by atomic mass is 9.85. The molecule has 2 aromatic heterocycles. The second kappa shape index (κ2) is 11.7. The number of amides is 2. The molecule has 2 aromatic carbocycles. The summed E-state index contributed by atoms with van der Waals surface area (Å²) in [6.07, 6.45) is 0.730. The van der Waals surface area contributed by atoms with Crippen molar-refractivity contribution in [1.29, 1.82) is 0 Å². The van der Waals surface area contributed by atoms with E-state index in [4.69, 9.17) is 25.3 Å². The number of fused-ring (bicyclic) bond motifs is 3. The van der Waals surface area contributed by atoms with Crippen LogP contribution in [0.5, 0.6) is 0 Å². The van der Waals surface area contributed by atoms with Crippen LogP contribution in [0.4, 0.5) is 10.6 Å². The Balaban J connectivity index is 1.36. The Bertz CT molecular complexity index is 1810. The van der Waals surface area contributed by atoms with Gasteiger partial charge in [-0.05, 0) is 29.8 Å². The molecule has 4 atom stereocenters. The van der Waals surface area contributed by atoms with E-state index in [9.17, 15) is 23.1 Å². The molecule has 0 aliphatic carbocycles. The van der Waals surface area contributed by atoms with Gasteiger partial charge in [-0.15, -0.1) is 0 Å². The van der Waals surface area contributed by atoms with Crippen molar-refractivity contribution in [2.75, 3.05) is 31.3 Å². The number of anilines is 1. The van der Waals surface area contributed by atoms with Crippen molar-refractivity contribution in [2.24, 2.45) is 5.92 Å². The average Bonchev–Trinajstić information content (AvgIpc) is 3.50. The Kier molecular flexibility index (Phi) is 7.98. The van der Waals surface area contributed by atoms with E-state index in [-0.39, 0.29) is 31.0 Å². The van der Waals surface area contributed by atoms with E-state index in [0.717, 1.165) is 16.7 Å².